The molecule has 0 saturated heterocycles. The van der Waals surface area contributed by atoms with Crippen molar-refractivity contribution < 1.29 is 4.42 Å². The van der Waals surface area contributed by atoms with Gasteiger partial charge in [0.2, 0.25) is 0 Å². The lowest BCUT2D eigenvalue weighted by Crippen LogP contribution is -2.05. The molecule has 0 radical (unpaired) electrons. The largest absolute Gasteiger partial charge is 0.469 e. The van der Waals surface area contributed by atoms with Crippen molar-refractivity contribution in [3.63, 3.8) is 0 Å². The predicted molar refractivity (Wildman–Crippen MR) is 77.4 cm³/mol. The molecule has 0 spiro atoms. The zero-order chi connectivity index (χ0) is 13.1. The van der Waals surface area contributed by atoms with Crippen molar-refractivity contribution in [1.82, 2.24) is 4.98 Å². The maximum absolute atomic E-state index is 5.33. The van der Waals surface area contributed by atoms with Crippen LogP contribution in [0.15, 0.2) is 53.3 Å². The van der Waals surface area contributed by atoms with Crippen LogP contribution in [0.4, 0.5) is 5.69 Å². The molecule has 0 aliphatic carbocycles. The second-order valence-corrected chi connectivity index (χ2v) is 4.64. The minimum atomic E-state index is 0.848. The molecule has 1 aromatic carbocycles. The zero-order valence-corrected chi connectivity index (χ0v) is 10.9. The van der Waals surface area contributed by atoms with E-state index in [2.05, 4.69) is 35.4 Å². The Labute approximate surface area is 112 Å². The van der Waals surface area contributed by atoms with Crippen LogP contribution in [0.25, 0.3) is 10.9 Å². The van der Waals surface area contributed by atoms with Crippen molar-refractivity contribution in [2.45, 2.75) is 13.3 Å². The highest BCUT2D eigenvalue weighted by Gasteiger charge is 2.02. The van der Waals surface area contributed by atoms with E-state index in [1.54, 1.807) is 6.26 Å². The Morgan fingerprint density at radius 1 is 1.21 bits per heavy atom. The van der Waals surface area contributed by atoms with Gasteiger partial charge >= 0.3 is 0 Å². The molecule has 0 amide bonds. The molecule has 3 aromatic rings. The standard InChI is InChI=1S/C16H16N2O/c1-12-4-5-15-14(11-12)16(7-9-18-15)17-8-6-13-3-2-10-19-13/h2-5,7,9-11H,6,8H2,1H3,(H,17,18). The van der Waals surface area contributed by atoms with E-state index < -0.39 is 0 Å². The molecule has 0 saturated carbocycles. The second kappa shape index (κ2) is 5.14. The van der Waals surface area contributed by atoms with Crippen LogP contribution < -0.4 is 5.32 Å². The summed E-state index contributed by atoms with van der Waals surface area (Å²) < 4.78 is 5.33. The normalized spacial score (nSPS) is 10.8. The highest BCUT2D eigenvalue weighted by atomic mass is 16.3. The van der Waals surface area contributed by atoms with Crippen molar-refractivity contribution in [1.29, 1.82) is 0 Å². The van der Waals surface area contributed by atoms with E-state index >= 15 is 0 Å². The molecule has 0 unspecified atom stereocenters. The lowest BCUT2D eigenvalue weighted by Gasteiger charge is -2.09. The van der Waals surface area contributed by atoms with Gasteiger partial charge < -0.3 is 9.73 Å². The number of nitrogens with one attached hydrogen (secondary N) is 1. The van der Waals surface area contributed by atoms with Crippen molar-refractivity contribution in [2.75, 3.05) is 11.9 Å². The van der Waals surface area contributed by atoms with Crippen molar-refractivity contribution in [3.8, 4) is 0 Å². The van der Waals surface area contributed by atoms with Crippen molar-refractivity contribution in [2.24, 2.45) is 0 Å². The summed E-state index contributed by atoms with van der Waals surface area (Å²) in [5, 5.41) is 4.62. The summed E-state index contributed by atoms with van der Waals surface area (Å²) in [6.07, 6.45) is 4.43. The molecule has 0 atom stereocenters. The Balaban J connectivity index is 1.78. The summed E-state index contributed by atoms with van der Waals surface area (Å²) in [7, 11) is 0. The van der Waals surface area contributed by atoms with Gasteiger partial charge in [-0.1, -0.05) is 11.6 Å². The predicted octanol–water partition coefficient (Wildman–Crippen LogP) is 3.79. The van der Waals surface area contributed by atoms with Crippen LogP contribution in [-0.2, 0) is 6.42 Å². The topological polar surface area (TPSA) is 38.1 Å². The fourth-order valence-corrected chi connectivity index (χ4v) is 2.19. The lowest BCUT2D eigenvalue weighted by atomic mass is 10.1. The van der Waals surface area contributed by atoms with E-state index in [0.29, 0.717) is 0 Å². The molecule has 96 valence electrons. The molecule has 1 N–H and O–H groups in total. The molecule has 19 heavy (non-hydrogen) atoms. The van der Waals surface area contributed by atoms with Crippen molar-refractivity contribution in [3.05, 3.63) is 60.2 Å². The van der Waals surface area contributed by atoms with E-state index in [0.717, 1.165) is 29.9 Å². The highest BCUT2D eigenvalue weighted by molar-refractivity contribution is 5.91. The number of pyridine rings is 1. The van der Waals surface area contributed by atoms with Gasteiger partial charge in [0.05, 0.1) is 11.8 Å². The van der Waals surface area contributed by atoms with Crippen LogP contribution in [0.3, 0.4) is 0 Å². The van der Waals surface area contributed by atoms with E-state index in [9.17, 15) is 0 Å². The van der Waals surface area contributed by atoms with E-state index in [1.165, 1.54) is 10.9 Å². The first-order valence-corrected chi connectivity index (χ1v) is 6.44. The first kappa shape index (κ1) is 11.8. The third-order valence-corrected chi connectivity index (χ3v) is 3.16. The lowest BCUT2D eigenvalue weighted by molar-refractivity contribution is 0.513. The Morgan fingerprint density at radius 3 is 3.00 bits per heavy atom. The van der Waals surface area contributed by atoms with E-state index in [4.69, 9.17) is 4.42 Å². The van der Waals surface area contributed by atoms with Gasteiger partial charge in [0.1, 0.15) is 5.76 Å². The van der Waals surface area contributed by atoms with E-state index in [-0.39, 0.29) is 0 Å². The number of fused-ring (bicyclic) bond motifs is 1. The number of furan rings is 1. The van der Waals surface area contributed by atoms with Crippen LogP contribution in [0, 0.1) is 6.92 Å². The number of aryl methyl sites for hydroxylation is 1. The van der Waals surface area contributed by atoms with Gasteiger partial charge in [-0.25, -0.2) is 0 Å². The molecule has 0 fully saturated rings. The molecule has 0 aliphatic heterocycles. The quantitative estimate of drug-likeness (QED) is 0.767. The second-order valence-electron chi connectivity index (χ2n) is 4.64. The molecule has 3 rings (SSSR count). The maximum atomic E-state index is 5.33. The molecule has 0 aliphatic rings. The van der Waals surface area contributed by atoms with Crippen molar-refractivity contribution >= 4 is 16.6 Å². The van der Waals surface area contributed by atoms with Gasteiger partial charge in [0.15, 0.2) is 0 Å². The van der Waals surface area contributed by atoms with Crippen LogP contribution in [0.5, 0.6) is 0 Å². The molecule has 0 bridgehead atoms. The first-order valence-electron chi connectivity index (χ1n) is 6.44. The van der Waals surface area contributed by atoms with Gasteiger partial charge in [-0.05, 0) is 37.3 Å². The molecule has 2 heterocycles. The Hall–Kier alpha value is -2.29. The van der Waals surface area contributed by atoms with Gasteiger partial charge in [-0.15, -0.1) is 0 Å². The average Bonchev–Trinajstić information content (AvgIpc) is 2.92. The van der Waals surface area contributed by atoms with Crippen LogP contribution in [0.1, 0.15) is 11.3 Å². The molecule has 3 heteroatoms. The molecule has 3 nitrogen and oxygen atoms in total. The summed E-state index contributed by atoms with van der Waals surface area (Å²) >= 11 is 0. The highest BCUT2D eigenvalue weighted by Crippen LogP contribution is 2.22. The van der Waals surface area contributed by atoms with E-state index in [1.807, 2.05) is 24.4 Å². The van der Waals surface area contributed by atoms with Gasteiger partial charge in [-0.2, -0.15) is 0 Å². The minimum Gasteiger partial charge on any atom is -0.469 e. The molecular formula is C16H16N2O. The SMILES string of the molecule is Cc1ccc2nccc(NCCc3ccco3)c2c1. The average molecular weight is 252 g/mol. The third kappa shape index (κ3) is 2.60. The Kier molecular flexibility index (Phi) is 3.19. The van der Waals surface area contributed by atoms with Crippen LogP contribution in [0.2, 0.25) is 0 Å². The summed E-state index contributed by atoms with van der Waals surface area (Å²) in [6.45, 7) is 2.94. The number of benzene rings is 1. The first-order chi connectivity index (χ1) is 9.33. The summed E-state index contributed by atoms with van der Waals surface area (Å²) in [5.41, 5.74) is 3.39. The Morgan fingerprint density at radius 2 is 2.16 bits per heavy atom. The number of hydrogen-bond acceptors (Lipinski definition) is 3. The number of rotatable bonds is 4. The summed E-state index contributed by atoms with van der Waals surface area (Å²) in [4.78, 5) is 4.38. The van der Waals surface area contributed by atoms with Crippen LogP contribution in [-0.4, -0.2) is 11.5 Å². The maximum Gasteiger partial charge on any atom is 0.105 e. The number of hydrogen-bond donors (Lipinski definition) is 1. The number of anilines is 1. The number of nitrogens with zero attached hydrogens (tertiary/aromatic N) is 1. The monoisotopic (exact) mass is 252 g/mol. The number of aromatic nitrogens is 1. The zero-order valence-electron chi connectivity index (χ0n) is 10.9. The minimum absolute atomic E-state index is 0.848. The van der Waals surface area contributed by atoms with Gasteiger partial charge in [-0.3, -0.25) is 4.98 Å². The smallest absolute Gasteiger partial charge is 0.105 e. The molecule has 2 aromatic heterocycles. The fraction of sp³-hybridized carbons (Fsp3) is 0.188. The van der Waals surface area contributed by atoms with Gasteiger partial charge in [0.25, 0.3) is 0 Å². The third-order valence-electron chi connectivity index (χ3n) is 3.16. The van der Waals surface area contributed by atoms with Gasteiger partial charge in [0, 0.05) is 30.2 Å². The Bertz CT molecular complexity index is 674. The summed E-state index contributed by atoms with van der Waals surface area (Å²) in [6, 6.07) is 12.2. The van der Waals surface area contributed by atoms with Crippen LogP contribution >= 0.6 is 0 Å². The fourth-order valence-electron chi connectivity index (χ4n) is 2.19. The molecular weight excluding hydrogens is 236 g/mol. The summed E-state index contributed by atoms with van der Waals surface area (Å²) in [5.74, 6) is 1.00.